The Morgan fingerprint density at radius 3 is 1.52 bits per heavy atom. The first-order valence-electron chi connectivity index (χ1n) is 20.5. The van der Waals surface area contributed by atoms with Crippen LogP contribution in [0.3, 0.4) is 0 Å². The van der Waals surface area contributed by atoms with Crippen molar-refractivity contribution in [2.45, 2.75) is 215 Å². The second-order valence-electron chi connectivity index (χ2n) is 18.1. The van der Waals surface area contributed by atoms with Crippen LogP contribution in [0.15, 0.2) is 0 Å². The average Bonchev–Trinajstić information content (AvgIpc) is 3.80. The van der Waals surface area contributed by atoms with Gasteiger partial charge in [-0.2, -0.15) is 0 Å². The highest BCUT2D eigenvalue weighted by Gasteiger charge is 2.48. The van der Waals surface area contributed by atoms with E-state index >= 15 is 0 Å². The van der Waals surface area contributed by atoms with Crippen molar-refractivity contribution in [2.24, 2.45) is 29.6 Å². The third-order valence-electron chi connectivity index (χ3n) is 14.9. The fourth-order valence-corrected chi connectivity index (χ4v) is 12.6. The fourth-order valence-electron chi connectivity index (χ4n) is 12.6. The van der Waals surface area contributed by atoms with E-state index in [4.69, 9.17) is 0 Å². The summed E-state index contributed by atoms with van der Waals surface area (Å²) in [5.41, 5.74) is -1.38. The van der Waals surface area contributed by atoms with E-state index in [0.717, 1.165) is 51.4 Å². The SMILES string of the molecule is CN[C@H]1CCC(CC(C)N[C@@H]2CC(CC(C)N[C@H]3CCCC[C@H]3C3(O)CCCC3)CC[C@@H]2C2(O)CCCC2)C[C@H]1C1(O)CCCC1. The van der Waals surface area contributed by atoms with Gasteiger partial charge in [-0.25, -0.2) is 0 Å². The predicted octanol–water partition coefficient (Wildman–Crippen LogP) is 6.99. The lowest BCUT2D eigenvalue weighted by atomic mass is 9.67. The van der Waals surface area contributed by atoms with Gasteiger partial charge in [0.15, 0.2) is 0 Å². The zero-order chi connectivity index (χ0) is 32.4. The predicted molar refractivity (Wildman–Crippen MR) is 189 cm³/mol. The minimum Gasteiger partial charge on any atom is -0.390 e. The highest BCUT2D eigenvalue weighted by molar-refractivity contribution is 5.03. The van der Waals surface area contributed by atoms with Crippen molar-refractivity contribution in [1.82, 2.24) is 16.0 Å². The number of hydrogen-bond donors (Lipinski definition) is 6. The maximum absolute atomic E-state index is 11.9. The van der Waals surface area contributed by atoms with Gasteiger partial charge in [-0.15, -0.1) is 0 Å². The van der Waals surface area contributed by atoms with Gasteiger partial charge in [-0.1, -0.05) is 51.4 Å². The fraction of sp³-hybridized carbons (Fsp3) is 1.00. The lowest BCUT2D eigenvalue weighted by molar-refractivity contribution is -0.0555. The van der Waals surface area contributed by atoms with Crippen LogP contribution in [0.1, 0.15) is 168 Å². The van der Waals surface area contributed by atoms with Crippen LogP contribution in [0.4, 0.5) is 0 Å². The summed E-state index contributed by atoms with van der Waals surface area (Å²) in [7, 11) is 2.09. The molecule has 0 saturated heterocycles. The van der Waals surface area contributed by atoms with Crippen molar-refractivity contribution < 1.29 is 15.3 Å². The third kappa shape index (κ3) is 8.04. The molecule has 0 aromatic rings. The van der Waals surface area contributed by atoms with Gasteiger partial charge in [-0.3, -0.25) is 0 Å². The van der Waals surface area contributed by atoms with E-state index in [0.29, 0.717) is 59.8 Å². The highest BCUT2D eigenvalue weighted by Crippen LogP contribution is 2.48. The molecule has 0 aliphatic heterocycles. The first kappa shape index (κ1) is 35.6. The van der Waals surface area contributed by atoms with E-state index in [2.05, 4.69) is 36.8 Å². The van der Waals surface area contributed by atoms with Crippen LogP contribution < -0.4 is 16.0 Å². The normalized spacial score (nSPS) is 40.6. The second-order valence-corrected chi connectivity index (χ2v) is 18.1. The number of hydrogen-bond acceptors (Lipinski definition) is 6. The molecule has 6 aliphatic rings. The van der Waals surface area contributed by atoms with Crippen molar-refractivity contribution >= 4 is 0 Å². The number of aliphatic hydroxyl groups is 3. The third-order valence-corrected chi connectivity index (χ3v) is 14.9. The lowest BCUT2D eigenvalue weighted by Gasteiger charge is -2.47. The highest BCUT2D eigenvalue weighted by atomic mass is 16.3. The molecule has 6 saturated carbocycles. The first-order chi connectivity index (χ1) is 22.1. The molecular formula is C40H73N3O3. The average molecular weight is 644 g/mol. The molecule has 10 atom stereocenters. The van der Waals surface area contributed by atoms with E-state index in [1.807, 2.05) is 0 Å². The molecule has 0 spiro atoms. The summed E-state index contributed by atoms with van der Waals surface area (Å²) in [6.45, 7) is 4.81. The monoisotopic (exact) mass is 644 g/mol. The van der Waals surface area contributed by atoms with Crippen molar-refractivity contribution in [1.29, 1.82) is 0 Å². The number of nitrogens with one attached hydrogen (secondary N) is 3. The Hall–Kier alpha value is -0.240. The van der Waals surface area contributed by atoms with Crippen molar-refractivity contribution in [3.8, 4) is 0 Å². The molecule has 6 nitrogen and oxygen atoms in total. The van der Waals surface area contributed by atoms with Gasteiger partial charge in [0.2, 0.25) is 0 Å². The zero-order valence-electron chi connectivity index (χ0n) is 30.1. The molecule has 0 heterocycles. The molecule has 0 bridgehead atoms. The lowest BCUT2D eigenvalue weighted by Crippen LogP contribution is -2.55. The van der Waals surface area contributed by atoms with Gasteiger partial charge in [0.05, 0.1) is 16.8 Å². The van der Waals surface area contributed by atoms with Crippen LogP contribution in [-0.2, 0) is 0 Å². The van der Waals surface area contributed by atoms with Crippen LogP contribution in [0.2, 0.25) is 0 Å². The summed E-state index contributed by atoms with van der Waals surface area (Å²) < 4.78 is 0. The van der Waals surface area contributed by atoms with E-state index in [1.54, 1.807) is 0 Å². The van der Waals surface area contributed by atoms with Crippen LogP contribution >= 0.6 is 0 Å². The molecule has 6 rings (SSSR count). The van der Waals surface area contributed by atoms with Gasteiger partial charge in [0, 0.05) is 48.0 Å². The first-order valence-corrected chi connectivity index (χ1v) is 20.5. The van der Waals surface area contributed by atoms with Crippen LogP contribution in [0, 0.1) is 29.6 Å². The zero-order valence-corrected chi connectivity index (χ0v) is 30.1. The molecule has 6 N–H and O–H groups in total. The minimum atomic E-state index is -0.486. The van der Waals surface area contributed by atoms with Crippen LogP contribution in [0.5, 0.6) is 0 Å². The molecule has 0 aromatic heterocycles. The molecule has 6 heteroatoms. The van der Waals surface area contributed by atoms with E-state index in [-0.39, 0.29) is 0 Å². The summed E-state index contributed by atoms with van der Waals surface area (Å²) in [5.74, 6) is 2.51. The molecule has 0 amide bonds. The maximum atomic E-state index is 11.9. The molecule has 6 aliphatic carbocycles. The Bertz CT molecular complexity index is 942. The molecule has 46 heavy (non-hydrogen) atoms. The molecule has 6 fully saturated rings. The quantitative estimate of drug-likeness (QED) is 0.137. The Morgan fingerprint density at radius 2 is 0.957 bits per heavy atom. The second kappa shape index (κ2) is 15.3. The molecule has 0 aromatic carbocycles. The van der Waals surface area contributed by atoms with Crippen molar-refractivity contribution in [3.63, 3.8) is 0 Å². The Labute approximate surface area is 282 Å². The topological polar surface area (TPSA) is 96.8 Å². The number of rotatable bonds is 12. The molecule has 4 unspecified atom stereocenters. The van der Waals surface area contributed by atoms with Gasteiger partial charge >= 0.3 is 0 Å². The Balaban J connectivity index is 1.06. The smallest absolute Gasteiger partial charge is 0.0690 e. The van der Waals surface area contributed by atoms with Gasteiger partial charge in [-0.05, 0) is 135 Å². The summed E-state index contributed by atoms with van der Waals surface area (Å²) in [4.78, 5) is 0. The summed E-state index contributed by atoms with van der Waals surface area (Å²) >= 11 is 0. The van der Waals surface area contributed by atoms with Crippen LogP contribution in [0.25, 0.3) is 0 Å². The minimum absolute atomic E-state index is 0.364. The molecule has 266 valence electrons. The summed E-state index contributed by atoms with van der Waals surface area (Å²) in [6.07, 6.45) is 27.5. The molecule has 0 radical (unpaired) electrons. The largest absolute Gasteiger partial charge is 0.390 e. The standard InChI is InChI=1S/C40H73N3O3/c1-28(42-36-13-5-4-12-32(36)38(44)18-6-7-19-38)25-31-14-16-33(39(45)20-8-9-21-39)37(27-31)43-29(2)24-30-15-17-35(41-3)34(26-30)40(46)22-10-11-23-40/h28-37,41-46H,4-27H2,1-3H3/t28?,29?,30?,31?,32-,33+,34-,35+,36+,37-/m1/s1. The van der Waals surface area contributed by atoms with E-state index in [1.165, 1.54) is 103 Å². The van der Waals surface area contributed by atoms with Gasteiger partial charge in [0.25, 0.3) is 0 Å². The van der Waals surface area contributed by atoms with Gasteiger partial charge in [0.1, 0.15) is 0 Å². The van der Waals surface area contributed by atoms with Crippen molar-refractivity contribution in [2.75, 3.05) is 7.05 Å². The summed E-state index contributed by atoms with van der Waals surface area (Å²) in [5, 5.41) is 46.9. The Kier molecular flexibility index (Phi) is 11.9. The van der Waals surface area contributed by atoms with Crippen molar-refractivity contribution in [3.05, 3.63) is 0 Å². The van der Waals surface area contributed by atoms with E-state index in [9.17, 15) is 15.3 Å². The van der Waals surface area contributed by atoms with Gasteiger partial charge < -0.3 is 31.3 Å². The molecular weight excluding hydrogens is 570 g/mol. The maximum Gasteiger partial charge on any atom is 0.0690 e. The summed E-state index contributed by atoms with van der Waals surface area (Å²) in [6, 6.07) is 2.18. The van der Waals surface area contributed by atoms with E-state index < -0.39 is 16.8 Å². The Morgan fingerprint density at radius 1 is 0.500 bits per heavy atom. The van der Waals surface area contributed by atoms with Crippen LogP contribution in [-0.4, -0.2) is 69.4 Å².